The van der Waals surface area contributed by atoms with Crippen LogP contribution in [0.2, 0.25) is 5.02 Å². The fourth-order valence-corrected chi connectivity index (χ4v) is 2.06. The zero-order valence-corrected chi connectivity index (χ0v) is 12.9. The van der Waals surface area contributed by atoms with E-state index >= 15 is 0 Å². The van der Waals surface area contributed by atoms with Gasteiger partial charge in [0.15, 0.2) is 0 Å². The first kappa shape index (κ1) is 16.8. The highest BCUT2D eigenvalue weighted by Gasteiger charge is 2.12. The third kappa shape index (κ3) is 5.40. The van der Waals surface area contributed by atoms with E-state index in [9.17, 15) is 9.59 Å². The van der Waals surface area contributed by atoms with Crippen molar-refractivity contribution in [3.05, 3.63) is 28.8 Å². The first-order valence-corrected chi connectivity index (χ1v) is 7.56. The van der Waals surface area contributed by atoms with Gasteiger partial charge >= 0.3 is 0 Å². The zero-order chi connectivity index (χ0) is 15.0. The van der Waals surface area contributed by atoms with Crippen LogP contribution in [0.15, 0.2) is 23.1 Å². The first-order valence-electron chi connectivity index (χ1n) is 5.96. The van der Waals surface area contributed by atoms with E-state index in [0.717, 1.165) is 4.90 Å². The Hall–Kier alpha value is -1.24. The monoisotopic (exact) mass is 316 g/mol. The Balaban J connectivity index is 2.52. The first-order chi connectivity index (χ1) is 9.58. The maximum absolute atomic E-state index is 12.0. The van der Waals surface area contributed by atoms with Crippen molar-refractivity contribution < 1.29 is 14.3 Å². The number of thioether (sulfide) groups is 1. The van der Waals surface area contributed by atoms with E-state index in [0.29, 0.717) is 23.7 Å². The number of carbonyl (C=O) groups is 2. The summed E-state index contributed by atoms with van der Waals surface area (Å²) in [6, 6.07) is 5.20. The molecule has 0 fully saturated rings. The second-order valence-electron chi connectivity index (χ2n) is 3.87. The van der Waals surface area contributed by atoms with E-state index < -0.39 is 0 Å². The molecule has 0 radical (unpaired) electrons. The molecule has 0 aliphatic carbocycles. The lowest BCUT2D eigenvalue weighted by atomic mass is 10.2. The highest BCUT2D eigenvalue weighted by Crippen LogP contribution is 2.22. The molecule has 0 atom stereocenters. The number of amides is 2. The number of benzene rings is 1. The minimum absolute atomic E-state index is 0.0949. The maximum Gasteiger partial charge on any atom is 0.253 e. The van der Waals surface area contributed by atoms with Gasteiger partial charge in [-0.15, -0.1) is 11.8 Å². The van der Waals surface area contributed by atoms with Crippen LogP contribution in [0.4, 0.5) is 0 Å². The predicted octanol–water partition coefficient (Wildman–Crippen LogP) is 1.55. The average molecular weight is 317 g/mol. The van der Waals surface area contributed by atoms with Crippen LogP contribution >= 0.6 is 23.4 Å². The molecule has 0 unspecified atom stereocenters. The van der Waals surface area contributed by atoms with Crippen LogP contribution in [0.1, 0.15) is 10.4 Å². The van der Waals surface area contributed by atoms with Crippen molar-refractivity contribution in [1.29, 1.82) is 0 Å². The topological polar surface area (TPSA) is 67.4 Å². The Kier molecular flexibility index (Phi) is 7.43. The standard InChI is InChI=1S/C13H17ClN2O3S/c1-19-6-5-15-12(17)8-16-13(18)10-7-9(20-2)3-4-11(10)14/h3-4,7H,5-6,8H2,1-2H3,(H,15,17)(H,16,18). The molecule has 0 saturated carbocycles. The summed E-state index contributed by atoms with van der Waals surface area (Å²) in [6.45, 7) is 0.748. The number of nitrogens with one attached hydrogen (secondary N) is 2. The average Bonchev–Trinajstić information content (AvgIpc) is 2.45. The molecular formula is C13H17ClN2O3S. The SMILES string of the molecule is COCCNC(=O)CNC(=O)c1cc(SC)ccc1Cl. The van der Waals surface area contributed by atoms with Gasteiger partial charge in [0, 0.05) is 18.6 Å². The fraction of sp³-hybridized carbons (Fsp3) is 0.385. The summed E-state index contributed by atoms with van der Waals surface area (Å²) in [7, 11) is 1.55. The van der Waals surface area contributed by atoms with Crippen LogP contribution in [0, 0.1) is 0 Å². The van der Waals surface area contributed by atoms with Gasteiger partial charge < -0.3 is 15.4 Å². The van der Waals surface area contributed by atoms with Crippen molar-refractivity contribution in [1.82, 2.24) is 10.6 Å². The smallest absolute Gasteiger partial charge is 0.253 e. The van der Waals surface area contributed by atoms with Gasteiger partial charge in [0.05, 0.1) is 23.7 Å². The Bertz CT molecular complexity index is 483. The molecule has 1 aromatic carbocycles. The quantitative estimate of drug-likeness (QED) is 0.592. The third-order valence-corrected chi connectivity index (χ3v) is 3.51. The molecule has 0 aliphatic heterocycles. The zero-order valence-electron chi connectivity index (χ0n) is 11.4. The van der Waals surface area contributed by atoms with Crippen LogP contribution in [-0.4, -0.2) is 44.9 Å². The van der Waals surface area contributed by atoms with E-state index in [4.69, 9.17) is 16.3 Å². The second kappa shape index (κ2) is 8.84. The van der Waals surface area contributed by atoms with Crippen LogP contribution in [0.3, 0.4) is 0 Å². The predicted molar refractivity (Wildman–Crippen MR) is 80.5 cm³/mol. The van der Waals surface area contributed by atoms with E-state index in [1.165, 1.54) is 11.8 Å². The van der Waals surface area contributed by atoms with Crippen molar-refractivity contribution in [3.63, 3.8) is 0 Å². The van der Waals surface area contributed by atoms with Gasteiger partial charge in [-0.05, 0) is 24.5 Å². The van der Waals surface area contributed by atoms with Gasteiger partial charge in [-0.2, -0.15) is 0 Å². The molecule has 5 nitrogen and oxygen atoms in total. The van der Waals surface area contributed by atoms with Crippen LogP contribution in [0.25, 0.3) is 0 Å². The molecule has 20 heavy (non-hydrogen) atoms. The minimum Gasteiger partial charge on any atom is -0.383 e. The normalized spacial score (nSPS) is 10.2. The molecule has 0 spiro atoms. The van der Waals surface area contributed by atoms with Crippen molar-refractivity contribution in [3.8, 4) is 0 Å². The molecule has 7 heteroatoms. The minimum atomic E-state index is -0.368. The lowest BCUT2D eigenvalue weighted by molar-refractivity contribution is -0.120. The largest absolute Gasteiger partial charge is 0.383 e. The van der Waals surface area contributed by atoms with Gasteiger partial charge in [0.2, 0.25) is 5.91 Å². The van der Waals surface area contributed by atoms with Crippen LogP contribution in [-0.2, 0) is 9.53 Å². The Morgan fingerprint density at radius 1 is 1.35 bits per heavy atom. The summed E-state index contributed by atoms with van der Waals surface area (Å²) in [5, 5.41) is 5.51. The van der Waals surface area contributed by atoms with E-state index in [2.05, 4.69) is 10.6 Å². The molecule has 2 N–H and O–H groups in total. The number of hydrogen-bond acceptors (Lipinski definition) is 4. The molecule has 0 bridgehead atoms. The number of methoxy groups -OCH3 is 1. The lowest BCUT2D eigenvalue weighted by Gasteiger charge is -2.08. The van der Waals surface area contributed by atoms with Crippen LogP contribution in [0.5, 0.6) is 0 Å². The third-order valence-electron chi connectivity index (χ3n) is 2.46. The highest BCUT2D eigenvalue weighted by atomic mass is 35.5. The van der Waals surface area contributed by atoms with Crippen molar-refractivity contribution in [2.75, 3.05) is 33.1 Å². The van der Waals surface area contributed by atoms with Gasteiger partial charge in [-0.3, -0.25) is 9.59 Å². The fourth-order valence-electron chi connectivity index (χ4n) is 1.42. The van der Waals surface area contributed by atoms with E-state index in [1.54, 1.807) is 19.2 Å². The number of hydrogen-bond donors (Lipinski definition) is 2. The molecule has 1 aromatic rings. The number of ether oxygens (including phenoxy) is 1. The summed E-state index contributed by atoms with van der Waals surface area (Å²) in [4.78, 5) is 24.3. The van der Waals surface area contributed by atoms with Crippen molar-refractivity contribution in [2.24, 2.45) is 0 Å². The summed E-state index contributed by atoms with van der Waals surface area (Å²) >= 11 is 7.49. The molecule has 0 heterocycles. The van der Waals surface area contributed by atoms with Gasteiger partial charge in [-0.25, -0.2) is 0 Å². The van der Waals surface area contributed by atoms with Crippen molar-refractivity contribution in [2.45, 2.75) is 4.90 Å². The van der Waals surface area contributed by atoms with Crippen molar-refractivity contribution >= 4 is 35.2 Å². The van der Waals surface area contributed by atoms with Gasteiger partial charge in [-0.1, -0.05) is 11.6 Å². The number of carbonyl (C=O) groups excluding carboxylic acids is 2. The second-order valence-corrected chi connectivity index (χ2v) is 5.16. The molecule has 0 aromatic heterocycles. The molecule has 0 saturated heterocycles. The van der Waals surface area contributed by atoms with Gasteiger partial charge in [0.25, 0.3) is 5.91 Å². The summed E-state index contributed by atoms with van der Waals surface area (Å²) < 4.78 is 4.81. The summed E-state index contributed by atoms with van der Waals surface area (Å²) in [6.07, 6.45) is 1.91. The number of rotatable bonds is 7. The maximum atomic E-state index is 12.0. The molecule has 1 rings (SSSR count). The van der Waals surface area contributed by atoms with E-state index in [-0.39, 0.29) is 18.4 Å². The molecular weight excluding hydrogens is 300 g/mol. The van der Waals surface area contributed by atoms with E-state index in [1.807, 2.05) is 12.3 Å². The molecule has 0 aliphatic rings. The van der Waals surface area contributed by atoms with Gasteiger partial charge in [0.1, 0.15) is 0 Å². The Morgan fingerprint density at radius 2 is 2.10 bits per heavy atom. The molecule has 110 valence electrons. The number of halogens is 1. The Labute approximate surface area is 127 Å². The lowest BCUT2D eigenvalue weighted by Crippen LogP contribution is -2.38. The summed E-state index contributed by atoms with van der Waals surface area (Å²) in [5.74, 6) is -0.639. The van der Waals surface area contributed by atoms with Crippen LogP contribution < -0.4 is 10.6 Å². The Morgan fingerprint density at radius 3 is 2.75 bits per heavy atom. The molecule has 2 amide bonds. The summed E-state index contributed by atoms with van der Waals surface area (Å²) in [5.41, 5.74) is 0.364. The highest BCUT2D eigenvalue weighted by molar-refractivity contribution is 7.98.